The first-order chi connectivity index (χ1) is 18.4. The van der Waals surface area contributed by atoms with Crippen LogP contribution in [0.5, 0.6) is 0 Å². The van der Waals surface area contributed by atoms with E-state index in [1.165, 1.54) is 11.1 Å². The standard InChI is InChI=1S/C32H28N2O4/c1-3-31(27-11-7-5-9-23(27)25-15-13-21(33(35)36)19-29(25)31)17-18-32(4-2)28-12-8-6-10-24(28)26-16-14-22(34(37)38)20-30(26)32/h5-16,19-20H,3-4,17-18H2,1-2H3. The molecule has 190 valence electrons. The maximum absolute atomic E-state index is 11.7. The van der Waals surface area contributed by atoms with Gasteiger partial charge in [0, 0.05) is 35.1 Å². The molecule has 0 saturated heterocycles. The molecular formula is C32H28N2O4. The highest BCUT2D eigenvalue weighted by Gasteiger charge is 2.47. The van der Waals surface area contributed by atoms with Crippen molar-refractivity contribution in [2.24, 2.45) is 0 Å². The molecule has 2 atom stereocenters. The Bertz CT molecular complexity index is 1510. The van der Waals surface area contributed by atoms with Crippen LogP contribution >= 0.6 is 0 Å². The van der Waals surface area contributed by atoms with E-state index < -0.39 is 10.8 Å². The molecule has 0 heterocycles. The SMILES string of the molecule is CCC1(CCC2(CC)c3ccccc3-c3ccc([N+](=O)[O-])cc32)c2ccccc2-c2ccc([N+](=O)[O-])cc21. The van der Waals surface area contributed by atoms with E-state index in [0.717, 1.165) is 59.1 Å². The summed E-state index contributed by atoms with van der Waals surface area (Å²) >= 11 is 0. The minimum atomic E-state index is -0.390. The summed E-state index contributed by atoms with van der Waals surface area (Å²) in [5, 5.41) is 23.5. The lowest BCUT2D eigenvalue weighted by Crippen LogP contribution is -2.31. The summed E-state index contributed by atoms with van der Waals surface area (Å²) < 4.78 is 0. The molecule has 2 aliphatic carbocycles. The van der Waals surface area contributed by atoms with Gasteiger partial charge in [0.1, 0.15) is 0 Å². The van der Waals surface area contributed by atoms with Gasteiger partial charge >= 0.3 is 0 Å². The lowest BCUT2D eigenvalue weighted by Gasteiger charge is -2.37. The van der Waals surface area contributed by atoms with Gasteiger partial charge < -0.3 is 0 Å². The third-order valence-electron chi connectivity index (χ3n) is 9.11. The van der Waals surface area contributed by atoms with Crippen LogP contribution in [-0.2, 0) is 10.8 Å². The molecule has 38 heavy (non-hydrogen) atoms. The van der Waals surface area contributed by atoms with E-state index >= 15 is 0 Å². The van der Waals surface area contributed by atoms with Crippen LogP contribution in [0, 0.1) is 20.2 Å². The molecule has 0 bridgehead atoms. The number of fused-ring (bicyclic) bond motifs is 6. The second kappa shape index (κ2) is 8.62. The van der Waals surface area contributed by atoms with Crippen LogP contribution in [0.3, 0.4) is 0 Å². The zero-order chi connectivity index (χ0) is 26.7. The van der Waals surface area contributed by atoms with Gasteiger partial charge in [-0.3, -0.25) is 20.2 Å². The zero-order valence-electron chi connectivity index (χ0n) is 21.4. The van der Waals surface area contributed by atoms with Gasteiger partial charge in [-0.15, -0.1) is 0 Å². The van der Waals surface area contributed by atoms with E-state index in [1.807, 2.05) is 36.4 Å². The molecule has 2 unspecified atom stereocenters. The van der Waals surface area contributed by atoms with Crippen LogP contribution in [-0.4, -0.2) is 9.85 Å². The Balaban J connectivity index is 1.53. The average Bonchev–Trinajstić information content (AvgIpc) is 3.39. The Kier molecular flexibility index (Phi) is 5.45. The fourth-order valence-electron chi connectivity index (χ4n) is 7.19. The zero-order valence-corrected chi connectivity index (χ0v) is 21.4. The van der Waals surface area contributed by atoms with Crippen molar-refractivity contribution >= 4 is 11.4 Å². The minimum Gasteiger partial charge on any atom is -0.258 e. The van der Waals surface area contributed by atoms with E-state index in [0.29, 0.717) is 0 Å². The molecule has 0 amide bonds. The summed E-state index contributed by atoms with van der Waals surface area (Å²) in [6.07, 6.45) is 3.11. The highest BCUT2D eigenvalue weighted by atomic mass is 16.6. The first kappa shape index (κ1) is 24.0. The number of nitrogens with zero attached hydrogens (tertiary/aromatic N) is 2. The quantitative estimate of drug-likeness (QED) is 0.187. The monoisotopic (exact) mass is 504 g/mol. The van der Waals surface area contributed by atoms with Gasteiger partial charge in [0.05, 0.1) is 9.85 Å². The van der Waals surface area contributed by atoms with E-state index in [4.69, 9.17) is 0 Å². The van der Waals surface area contributed by atoms with Crippen molar-refractivity contribution in [1.82, 2.24) is 0 Å². The Morgan fingerprint density at radius 3 is 1.29 bits per heavy atom. The van der Waals surface area contributed by atoms with Crippen molar-refractivity contribution in [2.45, 2.75) is 50.4 Å². The minimum absolute atomic E-state index is 0.103. The summed E-state index contributed by atoms with van der Waals surface area (Å²) in [6.45, 7) is 4.31. The van der Waals surface area contributed by atoms with Crippen LogP contribution in [0.15, 0.2) is 84.9 Å². The molecule has 6 nitrogen and oxygen atoms in total. The van der Waals surface area contributed by atoms with Gasteiger partial charge in [-0.05, 0) is 82.3 Å². The number of nitro benzene ring substituents is 2. The van der Waals surface area contributed by atoms with Crippen molar-refractivity contribution < 1.29 is 9.85 Å². The first-order valence-corrected chi connectivity index (χ1v) is 13.1. The maximum atomic E-state index is 11.7. The molecule has 0 N–H and O–H groups in total. The Labute approximate surface area is 221 Å². The van der Waals surface area contributed by atoms with Crippen molar-refractivity contribution in [1.29, 1.82) is 0 Å². The largest absolute Gasteiger partial charge is 0.269 e. The second-order valence-electron chi connectivity index (χ2n) is 10.4. The molecule has 4 aromatic rings. The third-order valence-corrected chi connectivity index (χ3v) is 9.11. The van der Waals surface area contributed by atoms with Crippen LogP contribution < -0.4 is 0 Å². The topological polar surface area (TPSA) is 86.3 Å². The molecule has 6 heteroatoms. The maximum Gasteiger partial charge on any atom is 0.269 e. The summed E-state index contributed by atoms with van der Waals surface area (Å²) in [5.41, 5.74) is 8.22. The molecule has 4 aromatic carbocycles. The van der Waals surface area contributed by atoms with Crippen LogP contribution in [0.2, 0.25) is 0 Å². The van der Waals surface area contributed by atoms with Crippen LogP contribution in [0.4, 0.5) is 11.4 Å². The molecule has 6 rings (SSSR count). The highest BCUT2D eigenvalue weighted by Crippen LogP contribution is 2.59. The van der Waals surface area contributed by atoms with Crippen molar-refractivity contribution in [3.05, 3.63) is 127 Å². The smallest absolute Gasteiger partial charge is 0.258 e. The predicted molar refractivity (Wildman–Crippen MR) is 148 cm³/mol. The lowest BCUT2D eigenvalue weighted by atomic mass is 9.65. The summed E-state index contributed by atoms with van der Waals surface area (Å²) in [7, 11) is 0. The third kappa shape index (κ3) is 3.19. The highest BCUT2D eigenvalue weighted by molar-refractivity contribution is 5.83. The summed E-state index contributed by atoms with van der Waals surface area (Å²) in [6, 6.07) is 27.2. The lowest BCUT2D eigenvalue weighted by molar-refractivity contribution is -0.385. The fourth-order valence-corrected chi connectivity index (χ4v) is 7.19. The molecule has 0 fully saturated rings. The van der Waals surface area contributed by atoms with E-state index in [1.54, 1.807) is 24.3 Å². The van der Waals surface area contributed by atoms with Gasteiger partial charge in [-0.25, -0.2) is 0 Å². The molecule has 0 radical (unpaired) electrons. The van der Waals surface area contributed by atoms with E-state index in [-0.39, 0.29) is 21.2 Å². The normalized spacial score (nSPS) is 20.4. The van der Waals surface area contributed by atoms with Gasteiger partial charge in [0.15, 0.2) is 0 Å². The van der Waals surface area contributed by atoms with E-state index in [9.17, 15) is 20.2 Å². The van der Waals surface area contributed by atoms with Crippen molar-refractivity contribution in [3.63, 3.8) is 0 Å². The molecule has 2 aliphatic rings. The summed E-state index contributed by atoms with van der Waals surface area (Å²) in [5.74, 6) is 0. The predicted octanol–water partition coefficient (Wildman–Crippen LogP) is 8.34. The first-order valence-electron chi connectivity index (χ1n) is 13.1. The number of rotatable bonds is 7. The Hall–Kier alpha value is -4.32. The van der Waals surface area contributed by atoms with Gasteiger partial charge in [-0.1, -0.05) is 62.4 Å². The molecule has 0 aliphatic heterocycles. The average molecular weight is 505 g/mol. The Morgan fingerprint density at radius 2 is 0.921 bits per heavy atom. The van der Waals surface area contributed by atoms with Crippen molar-refractivity contribution in [2.75, 3.05) is 0 Å². The molecule has 0 saturated carbocycles. The van der Waals surface area contributed by atoms with E-state index in [2.05, 4.69) is 38.1 Å². The van der Waals surface area contributed by atoms with Gasteiger partial charge in [0.25, 0.3) is 11.4 Å². The molecule has 0 aromatic heterocycles. The molecular weight excluding hydrogens is 476 g/mol. The van der Waals surface area contributed by atoms with Crippen LogP contribution in [0.1, 0.15) is 61.8 Å². The molecule has 0 spiro atoms. The number of non-ortho nitro benzene ring substituents is 2. The second-order valence-corrected chi connectivity index (χ2v) is 10.4. The van der Waals surface area contributed by atoms with Crippen molar-refractivity contribution in [3.8, 4) is 22.3 Å². The number of benzene rings is 4. The Morgan fingerprint density at radius 1 is 0.553 bits per heavy atom. The summed E-state index contributed by atoms with van der Waals surface area (Å²) in [4.78, 5) is 22.9. The number of nitro groups is 2. The van der Waals surface area contributed by atoms with Crippen LogP contribution in [0.25, 0.3) is 22.3 Å². The number of hydrogen-bond acceptors (Lipinski definition) is 4. The van der Waals surface area contributed by atoms with Gasteiger partial charge in [0.2, 0.25) is 0 Å². The fraction of sp³-hybridized carbons (Fsp3) is 0.250. The van der Waals surface area contributed by atoms with Gasteiger partial charge in [-0.2, -0.15) is 0 Å². The number of hydrogen-bond donors (Lipinski definition) is 0.